The SMILES string of the molecule is CNS(=O)(=O)c1ccc(C)c(C(=O)NCCCOC(C)C)c1. The van der Waals surface area contributed by atoms with E-state index in [4.69, 9.17) is 4.74 Å². The van der Waals surface area contributed by atoms with Crippen LogP contribution in [0, 0.1) is 6.92 Å². The van der Waals surface area contributed by atoms with Crippen molar-refractivity contribution < 1.29 is 17.9 Å². The number of hydrogen-bond acceptors (Lipinski definition) is 4. The lowest BCUT2D eigenvalue weighted by atomic mass is 10.1. The average Bonchev–Trinajstić information content (AvgIpc) is 2.46. The van der Waals surface area contributed by atoms with E-state index in [-0.39, 0.29) is 16.9 Å². The summed E-state index contributed by atoms with van der Waals surface area (Å²) in [6.07, 6.45) is 0.874. The molecular formula is C15H24N2O4S. The zero-order valence-corrected chi connectivity index (χ0v) is 14.3. The Morgan fingerprint density at radius 2 is 2.00 bits per heavy atom. The van der Waals surface area contributed by atoms with Gasteiger partial charge in [-0.3, -0.25) is 4.79 Å². The molecule has 0 saturated heterocycles. The van der Waals surface area contributed by atoms with Crippen LogP contribution in [0.2, 0.25) is 0 Å². The van der Waals surface area contributed by atoms with Crippen molar-refractivity contribution in [1.82, 2.24) is 10.0 Å². The van der Waals surface area contributed by atoms with E-state index in [0.717, 1.165) is 5.56 Å². The van der Waals surface area contributed by atoms with E-state index in [1.54, 1.807) is 13.0 Å². The molecule has 0 aliphatic carbocycles. The first-order chi connectivity index (χ1) is 10.3. The van der Waals surface area contributed by atoms with Crippen LogP contribution in [0.3, 0.4) is 0 Å². The Bertz CT molecular complexity index is 612. The molecule has 0 fully saturated rings. The topological polar surface area (TPSA) is 84.5 Å². The third-order valence-corrected chi connectivity index (χ3v) is 4.50. The van der Waals surface area contributed by atoms with Crippen molar-refractivity contribution >= 4 is 15.9 Å². The molecule has 1 aromatic carbocycles. The summed E-state index contributed by atoms with van der Waals surface area (Å²) in [5.74, 6) is -0.282. The Kier molecular flexibility index (Phi) is 6.99. The number of aryl methyl sites for hydroxylation is 1. The molecular weight excluding hydrogens is 304 g/mol. The second-order valence-corrected chi connectivity index (χ2v) is 7.10. The number of sulfonamides is 1. The van der Waals surface area contributed by atoms with Crippen molar-refractivity contribution in [1.29, 1.82) is 0 Å². The highest BCUT2D eigenvalue weighted by atomic mass is 32.2. The highest BCUT2D eigenvalue weighted by Gasteiger charge is 2.16. The maximum Gasteiger partial charge on any atom is 0.251 e. The van der Waals surface area contributed by atoms with E-state index in [1.165, 1.54) is 19.2 Å². The van der Waals surface area contributed by atoms with Gasteiger partial charge < -0.3 is 10.1 Å². The van der Waals surface area contributed by atoms with Gasteiger partial charge in [0.05, 0.1) is 11.0 Å². The summed E-state index contributed by atoms with van der Waals surface area (Å²) in [7, 11) is -2.22. The number of amides is 1. The number of carbonyl (C=O) groups is 1. The van der Waals surface area contributed by atoms with Crippen LogP contribution < -0.4 is 10.0 Å². The normalized spacial score (nSPS) is 11.7. The standard InChI is InChI=1S/C15H24N2O4S/c1-11(2)21-9-5-8-17-15(18)14-10-13(7-6-12(14)3)22(19,20)16-4/h6-7,10-11,16H,5,8-9H2,1-4H3,(H,17,18). The number of carbonyl (C=O) groups excluding carboxylic acids is 1. The first-order valence-electron chi connectivity index (χ1n) is 7.22. The zero-order chi connectivity index (χ0) is 16.8. The lowest BCUT2D eigenvalue weighted by Gasteiger charge is -2.11. The molecule has 22 heavy (non-hydrogen) atoms. The quantitative estimate of drug-likeness (QED) is 0.707. The molecule has 0 bridgehead atoms. The van der Waals surface area contributed by atoms with Gasteiger partial charge in [0.25, 0.3) is 5.91 Å². The minimum Gasteiger partial charge on any atom is -0.379 e. The molecule has 1 rings (SSSR count). The Labute approximate surface area is 132 Å². The smallest absolute Gasteiger partial charge is 0.251 e. The number of hydrogen-bond donors (Lipinski definition) is 2. The number of nitrogens with one attached hydrogen (secondary N) is 2. The summed E-state index contributed by atoms with van der Waals surface area (Å²) in [6, 6.07) is 4.50. The number of benzene rings is 1. The van der Waals surface area contributed by atoms with E-state index in [1.807, 2.05) is 13.8 Å². The fourth-order valence-electron chi connectivity index (χ4n) is 1.82. The van der Waals surface area contributed by atoms with Crippen LogP contribution in [0.1, 0.15) is 36.2 Å². The minimum absolute atomic E-state index is 0.0777. The molecule has 0 aliphatic rings. The lowest BCUT2D eigenvalue weighted by molar-refractivity contribution is 0.0757. The van der Waals surface area contributed by atoms with E-state index in [0.29, 0.717) is 25.1 Å². The summed E-state index contributed by atoms with van der Waals surface area (Å²) < 4.78 is 31.2. The van der Waals surface area contributed by atoms with Crippen LogP contribution in [0.5, 0.6) is 0 Å². The Balaban J connectivity index is 2.71. The van der Waals surface area contributed by atoms with E-state index in [9.17, 15) is 13.2 Å². The van der Waals surface area contributed by atoms with Crippen molar-refractivity contribution in [2.45, 2.75) is 38.2 Å². The first-order valence-corrected chi connectivity index (χ1v) is 8.70. The van der Waals surface area contributed by atoms with Gasteiger partial charge in [0.1, 0.15) is 0 Å². The van der Waals surface area contributed by atoms with Crippen LogP contribution in [0.15, 0.2) is 23.1 Å². The highest BCUT2D eigenvalue weighted by Crippen LogP contribution is 2.15. The molecule has 0 heterocycles. The van der Waals surface area contributed by atoms with Crippen LogP contribution in [0.25, 0.3) is 0 Å². The maximum absolute atomic E-state index is 12.2. The van der Waals surface area contributed by atoms with Crippen LogP contribution in [-0.4, -0.2) is 40.6 Å². The van der Waals surface area contributed by atoms with E-state index >= 15 is 0 Å². The van der Waals surface area contributed by atoms with Crippen molar-refractivity contribution in [3.8, 4) is 0 Å². The molecule has 6 nitrogen and oxygen atoms in total. The molecule has 0 atom stereocenters. The summed E-state index contributed by atoms with van der Waals surface area (Å²) in [5, 5.41) is 2.78. The Morgan fingerprint density at radius 1 is 1.32 bits per heavy atom. The van der Waals surface area contributed by atoms with Gasteiger partial charge in [-0.2, -0.15) is 0 Å². The van der Waals surface area contributed by atoms with Gasteiger partial charge in [-0.05, 0) is 51.9 Å². The molecule has 1 aromatic rings. The lowest BCUT2D eigenvalue weighted by Crippen LogP contribution is -2.27. The van der Waals surface area contributed by atoms with Gasteiger partial charge in [0.15, 0.2) is 0 Å². The second kappa shape index (κ2) is 8.26. The largest absolute Gasteiger partial charge is 0.379 e. The maximum atomic E-state index is 12.2. The molecule has 0 spiro atoms. The molecule has 7 heteroatoms. The number of ether oxygens (including phenoxy) is 1. The molecule has 0 saturated carbocycles. The third-order valence-electron chi connectivity index (χ3n) is 3.09. The predicted octanol–water partition coefficient (Wildman–Crippen LogP) is 1.45. The highest BCUT2D eigenvalue weighted by molar-refractivity contribution is 7.89. The van der Waals surface area contributed by atoms with Crippen LogP contribution in [-0.2, 0) is 14.8 Å². The van der Waals surface area contributed by atoms with Gasteiger partial charge in [0.2, 0.25) is 10.0 Å². The van der Waals surface area contributed by atoms with Gasteiger partial charge >= 0.3 is 0 Å². The zero-order valence-electron chi connectivity index (χ0n) is 13.5. The van der Waals surface area contributed by atoms with Crippen LogP contribution in [0.4, 0.5) is 0 Å². The molecule has 0 aromatic heterocycles. The summed E-state index contributed by atoms with van der Waals surface area (Å²) in [6.45, 7) is 6.73. The molecule has 124 valence electrons. The monoisotopic (exact) mass is 328 g/mol. The van der Waals surface area contributed by atoms with E-state index in [2.05, 4.69) is 10.0 Å². The summed E-state index contributed by atoms with van der Waals surface area (Å²) in [5.41, 5.74) is 1.09. The summed E-state index contributed by atoms with van der Waals surface area (Å²) >= 11 is 0. The van der Waals surface area contributed by atoms with Gasteiger partial charge in [0, 0.05) is 18.7 Å². The fourth-order valence-corrected chi connectivity index (χ4v) is 2.57. The minimum atomic E-state index is -3.56. The molecule has 1 amide bonds. The molecule has 2 N–H and O–H groups in total. The molecule has 0 unspecified atom stereocenters. The predicted molar refractivity (Wildman–Crippen MR) is 85.5 cm³/mol. The second-order valence-electron chi connectivity index (χ2n) is 5.21. The third kappa shape index (κ3) is 5.40. The van der Waals surface area contributed by atoms with E-state index < -0.39 is 10.0 Å². The number of rotatable bonds is 8. The van der Waals surface area contributed by atoms with Gasteiger partial charge in [-0.15, -0.1) is 0 Å². The fraction of sp³-hybridized carbons (Fsp3) is 0.533. The van der Waals surface area contributed by atoms with Crippen LogP contribution >= 0.6 is 0 Å². The first kappa shape index (κ1) is 18.6. The van der Waals surface area contributed by atoms with Gasteiger partial charge in [-0.1, -0.05) is 6.07 Å². The van der Waals surface area contributed by atoms with Crippen molar-refractivity contribution in [2.75, 3.05) is 20.2 Å². The summed E-state index contributed by atoms with van der Waals surface area (Å²) in [4.78, 5) is 12.2. The Morgan fingerprint density at radius 3 is 2.59 bits per heavy atom. The van der Waals surface area contributed by atoms with Crippen molar-refractivity contribution in [3.05, 3.63) is 29.3 Å². The van der Waals surface area contributed by atoms with Crippen molar-refractivity contribution in [3.63, 3.8) is 0 Å². The average molecular weight is 328 g/mol. The van der Waals surface area contributed by atoms with Crippen molar-refractivity contribution in [2.24, 2.45) is 0 Å². The van der Waals surface area contributed by atoms with Gasteiger partial charge in [-0.25, -0.2) is 13.1 Å². The molecule has 0 radical (unpaired) electrons. The Hall–Kier alpha value is -1.44. The molecule has 0 aliphatic heterocycles.